The van der Waals surface area contributed by atoms with Crippen LogP contribution in [0.15, 0.2) is 66.7 Å². The Balaban J connectivity index is 1.52. The summed E-state index contributed by atoms with van der Waals surface area (Å²) in [4.78, 5) is 24.0. The minimum Gasteiger partial charge on any atom is -0.460 e. The van der Waals surface area contributed by atoms with Crippen LogP contribution in [0.4, 0.5) is 0 Å². The topological polar surface area (TPSA) is 79.2 Å². The maximum absolute atomic E-state index is 12.1. The lowest BCUT2D eigenvalue weighted by molar-refractivity contribution is -0.143. The van der Waals surface area contributed by atoms with Crippen molar-refractivity contribution in [2.24, 2.45) is 0 Å². The van der Waals surface area contributed by atoms with Crippen LogP contribution >= 0.6 is 23.2 Å². The zero-order valence-corrected chi connectivity index (χ0v) is 17.2. The monoisotopic (exact) mass is 438 g/mol. The van der Waals surface area contributed by atoms with Crippen molar-refractivity contribution in [3.8, 4) is 17.2 Å². The van der Waals surface area contributed by atoms with E-state index in [4.69, 9.17) is 27.9 Å². The number of nitriles is 1. The number of carbonyl (C=O) groups is 2. The molecule has 0 fully saturated rings. The number of hydrogen-bond donors (Lipinski definition) is 1. The molecule has 0 spiro atoms. The van der Waals surface area contributed by atoms with Gasteiger partial charge in [0.15, 0.2) is 0 Å². The van der Waals surface area contributed by atoms with Crippen molar-refractivity contribution >= 4 is 35.1 Å². The van der Waals surface area contributed by atoms with E-state index in [-0.39, 0.29) is 23.7 Å². The zero-order valence-electron chi connectivity index (χ0n) is 15.7. The van der Waals surface area contributed by atoms with Crippen molar-refractivity contribution in [2.45, 2.75) is 6.61 Å². The van der Waals surface area contributed by atoms with Gasteiger partial charge in [-0.05, 0) is 41.0 Å². The molecule has 3 rings (SSSR count). The van der Waals surface area contributed by atoms with Gasteiger partial charge in [-0.1, -0.05) is 65.7 Å². The van der Waals surface area contributed by atoms with Crippen molar-refractivity contribution in [2.75, 3.05) is 6.54 Å². The summed E-state index contributed by atoms with van der Waals surface area (Å²) < 4.78 is 5.19. The van der Waals surface area contributed by atoms with Crippen LogP contribution in [0, 0.1) is 11.3 Å². The van der Waals surface area contributed by atoms with E-state index in [0.29, 0.717) is 10.6 Å². The number of nitrogens with zero attached hydrogens (tertiary/aromatic N) is 1. The Morgan fingerprint density at radius 3 is 2.43 bits per heavy atom. The first kappa shape index (κ1) is 21.4. The summed E-state index contributed by atoms with van der Waals surface area (Å²) >= 11 is 11.8. The molecule has 0 saturated carbocycles. The molecule has 3 aromatic carbocycles. The summed E-state index contributed by atoms with van der Waals surface area (Å²) in [6.07, 6.45) is 0. The van der Waals surface area contributed by atoms with Crippen LogP contribution in [-0.4, -0.2) is 18.4 Å². The first-order valence-corrected chi connectivity index (χ1v) is 9.71. The molecule has 0 unspecified atom stereocenters. The van der Waals surface area contributed by atoms with Crippen LogP contribution in [0.25, 0.3) is 11.1 Å². The Bertz CT molecular complexity index is 1120. The fourth-order valence-electron chi connectivity index (χ4n) is 2.75. The Hall–Kier alpha value is -3.33. The van der Waals surface area contributed by atoms with Gasteiger partial charge in [0.05, 0.1) is 22.2 Å². The number of carbonyl (C=O) groups excluding carboxylic acids is 2. The Kier molecular flexibility index (Phi) is 7.08. The molecule has 3 aromatic rings. The molecule has 1 N–H and O–H groups in total. The Labute approximate surface area is 183 Å². The molecule has 150 valence electrons. The number of esters is 1. The Morgan fingerprint density at radius 1 is 1.00 bits per heavy atom. The van der Waals surface area contributed by atoms with E-state index < -0.39 is 11.9 Å². The highest BCUT2D eigenvalue weighted by atomic mass is 35.5. The third kappa shape index (κ3) is 5.38. The van der Waals surface area contributed by atoms with Crippen LogP contribution < -0.4 is 5.32 Å². The maximum Gasteiger partial charge on any atom is 0.325 e. The molecular formula is C23H16Cl2N2O3. The van der Waals surface area contributed by atoms with E-state index in [0.717, 1.165) is 16.7 Å². The second-order valence-corrected chi connectivity index (χ2v) is 7.17. The quantitative estimate of drug-likeness (QED) is 0.548. The molecule has 0 aliphatic carbocycles. The highest BCUT2D eigenvalue weighted by Gasteiger charge is 2.13. The lowest BCUT2D eigenvalue weighted by Crippen LogP contribution is -2.30. The molecule has 0 bridgehead atoms. The molecule has 5 nitrogen and oxygen atoms in total. The summed E-state index contributed by atoms with van der Waals surface area (Å²) in [5, 5.41) is 12.3. The van der Waals surface area contributed by atoms with Crippen molar-refractivity contribution in [1.82, 2.24) is 5.32 Å². The van der Waals surface area contributed by atoms with E-state index in [9.17, 15) is 14.9 Å². The number of amides is 1. The van der Waals surface area contributed by atoms with Crippen LogP contribution in [0.3, 0.4) is 0 Å². The minimum absolute atomic E-state index is 0.0661. The average Bonchev–Trinajstić information content (AvgIpc) is 2.76. The average molecular weight is 439 g/mol. The van der Waals surface area contributed by atoms with E-state index in [2.05, 4.69) is 11.4 Å². The van der Waals surface area contributed by atoms with Crippen LogP contribution in [0.5, 0.6) is 0 Å². The van der Waals surface area contributed by atoms with E-state index in [1.165, 1.54) is 12.1 Å². The lowest BCUT2D eigenvalue weighted by Gasteiger charge is -2.09. The van der Waals surface area contributed by atoms with Gasteiger partial charge in [0.1, 0.15) is 13.2 Å². The predicted octanol–water partition coefficient (Wildman–Crippen LogP) is 5.01. The fraction of sp³-hybridized carbons (Fsp3) is 0.0870. The lowest BCUT2D eigenvalue weighted by atomic mass is 9.99. The van der Waals surface area contributed by atoms with Gasteiger partial charge in [-0.2, -0.15) is 5.26 Å². The molecule has 0 radical (unpaired) electrons. The van der Waals surface area contributed by atoms with Gasteiger partial charge in [0.2, 0.25) is 0 Å². The van der Waals surface area contributed by atoms with E-state index in [1.54, 1.807) is 12.1 Å². The summed E-state index contributed by atoms with van der Waals surface area (Å²) in [5.74, 6) is -1.07. The first-order valence-electron chi connectivity index (χ1n) is 8.95. The normalized spacial score (nSPS) is 10.2. The second-order valence-electron chi connectivity index (χ2n) is 6.32. The third-order valence-electron chi connectivity index (χ3n) is 4.28. The van der Waals surface area contributed by atoms with Gasteiger partial charge in [0, 0.05) is 5.02 Å². The number of hydrogen-bond acceptors (Lipinski definition) is 4. The Morgan fingerprint density at radius 2 is 1.73 bits per heavy atom. The smallest absolute Gasteiger partial charge is 0.325 e. The third-order valence-corrected chi connectivity index (χ3v) is 4.83. The van der Waals surface area contributed by atoms with Crippen molar-refractivity contribution < 1.29 is 14.3 Å². The molecule has 0 saturated heterocycles. The summed E-state index contributed by atoms with van der Waals surface area (Å²) in [5.41, 5.74) is 3.34. The van der Waals surface area contributed by atoms with E-state index >= 15 is 0 Å². The minimum atomic E-state index is -0.577. The van der Waals surface area contributed by atoms with Gasteiger partial charge in [-0.25, -0.2) is 0 Å². The highest BCUT2D eigenvalue weighted by Crippen LogP contribution is 2.24. The molecule has 0 aromatic heterocycles. The van der Waals surface area contributed by atoms with Crippen molar-refractivity contribution in [3.05, 3.63) is 93.5 Å². The molecule has 0 aliphatic rings. The van der Waals surface area contributed by atoms with Crippen molar-refractivity contribution in [1.29, 1.82) is 5.26 Å². The van der Waals surface area contributed by atoms with Gasteiger partial charge in [0.25, 0.3) is 5.91 Å². The van der Waals surface area contributed by atoms with Gasteiger partial charge >= 0.3 is 5.97 Å². The SMILES string of the molecule is N#Cc1ccccc1-c1ccc(COC(=O)CNC(=O)c2ccc(Cl)cc2Cl)cc1. The highest BCUT2D eigenvalue weighted by molar-refractivity contribution is 6.36. The fourth-order valence-corrected chi connectivity index (χ4v) is 3.24. The maximum atomic E-state index is 12.1. The van der Waals surface area contributed by atoms with Crippen molar-refractivity contribution in [3.63, 3.8) is 0 Å². The summed E-state index contributed by atoms with van der Waals surface area (Å²) in [6.45, 7) is -0.220. The number of nitrogens with one attached hydrogen (secondary N) is 1. The molecule has 1 amide bonds. The van der Waals surface area contributed by atoms with Crippen LogP contribution in [0.2, 0.25) is 10.0 Å². The van der Waals surface area contributed by atoms with Crippen LogP contribution in [0.1, 0.15) is 21.5 Å². The number of ether oxygens (including phenoxy) is 1. The summed E-state index contributed by atoms with van der Waals surface area (Å²) in [6, 6.07) is 21.3. The van der Waals surface area contributed by atoms with Gasteiger partial charge < -0.3 is 10.1 Å². The number of rotatable bonds is 6. The summed E-state index contributed by atoms with van der Waals surface area (Å²) in [7, 11) is 0. The molecule has 30 heavy (non-hydrogen) atoms. The van der Waals surface area contributed by atoms with Crippen LogP contribution in [-0.2, 0) is 16.1 Å². The predicted molar refractivity (Wildman–Crippen MR) is 115 cm³/mol. The molecule has 0 aliphatic heterocycles. The molecular weight excluding hydrogens is 423 g/mol. The zero-order chi connectivity index (χ0) is 21.5. The second kappa shape index (κ2) is 9.93. The van der Waals surface area contributed by atoms with Gasteiger partial charge in [-0.3, -0.25) is 9.59 Å². The largest absolute Gasteiger partial charge is 0.460 e. The molecule has 7 heteroatoms. The standard InChI is InChI=1S/C23H16Cl2N2O3/c24-18-9-10-20(21(25)11-18)23(29)27-13-22(28)30-14-15-5-7-16(8-6-15)19-4-2-1-3-17(19)12-26/h1-11H,13-14H2,(H,27,29). The number of halogens is 2. The molecule has 0 atom stereocenters. The van der Waals surface area contributed by atoms with E-state index in [1.807, 2.05) is 42.5 Å². The first-order chi connectivity index (χ1) is 14.5. The molecule has 0 heterocycles. The van der Waals surface area contributed by atoms with Gasteiger partial charge in [-0.15, -0.1) is 0 Å². The number of benzene rings is 3.